The Balaban J connectivity index is 1.31. The van der Waals surface area contributed by atoms with Crippen molar-refractivity contribution in [2.45, 2.75) is 43.7 Å². The van der Waals surface area contributed by atoms with Crippen molar-refractivity contribution in [3.8, 4) is 0 Å². The quantitative estimate of drug-likeness (QED) is 0.400. The van der Waals surface area contributed by atoms with Crippen LogP contribution in [0.15, 0.2) is 88.1 Å². The Bertz CT molecular complexity index is 1490. The Labute approximate surface area is 225 Å². The van der Waals surface area contributed by atoms with Gasteiger partial charge in [-0.1, -0.05) is 24.6 Å². The summed E-state index contributed by atoms with van der Waals surface area (Å²) in [6.45, 7) is 2.46. The van der Waals surface area contributed by atoms with Gasteiger partial charge in [0.05, 0.1) is 21.8 Å². The molecule has 10 heteroatoms. The molecule has 5 nitrogen and oxygen atoms in total. The summed E-state index contributed by atoms with van der Waals surface area (Å²) in [6, 6.07) is 10.7. The predicted octanol–water partition coefficient (Wildman–Crippen LogP) is 6.39. The molecule has 1 fully saturated rings. The number of halogens is 4. The molecule has 2 aromatic rings. The molecule has 0 radical (unpaired) electrons. The van der Waals surface area contributed by atoms with Crippen molar-refractivity contribution in [2.75, 3.05) is 18.1 Å². The molecule has 0 aromatic heterocycles. The fraction of sp³-hybridized carbons (Fsp3) is 0.379. The first kappa shape index (κ1) is 26.1. The maximum absolute atomic E-state index is 13.8. The molecular formula is C29H29F4N3O2S. The van der Waals surface area contributed by atoms with Crippen LogP contribution in [0.3, 0.4) is 0 Å². The molecule has 0 bridgehead atoms. The minimum atomic E-state index is -4.77. The summed E-state index contributed by atoms with van der Waals surface area (Å²) >= 11 is 0. The summed E-state index contributed by atoms with van der Waals surface area (Å²) in [5.74, 6) is -0.239. The van der Waals surface area contributed by atoms with Crippen molar-refractivity contribution in [1.29, 1.82) is 0 Å². The van der Waals surface area contributed by atoms with Crippen LogP contribution in [0.4, 0.5) is 23.2 Å². The summed E-state index contributed by atoms with van der Waals surface area (Å²) in [5, 5.41) is 1.90. The van der Waals surface area contributed by atoms with Crippen molar-refractivity contribution in [2.24, 2.45) is 17.8 Å². The van der Waals surface area contributed by atoms with Gasteiger partial charge in [0.25, 0.3) is 0 Å². The molecule has 6 rings (SSSR count). The van der Waals surface area contributed by atoms with Crippen LogP contribution < -0.4 is 10.4 Å². The largest absolute Gasteiger partial charge is 0.417 e. The molecule has 1 heterocycles. The Kier molecular flexibility index (Phi) is 6.38. The number of rotatable bonds is 7. The number of allylic oxidation sites excluding steroid dienone is 3. The minimum absolute atomic E-state index is 0.00149. The Morgan fingerprint density at radius 1 is 1.03 bits per heavy atom. The van der Waals surface area contributed by atoms with Crippen LogP contribution in [0.5, 0.6) is 0 Å². The number of anilines is 1. The molecule has 1 N–H and O–H groups in total. The summed E-state index contributed by atoms with van der Waals surface area (Å²) < 4.78 is 83.5. The second-order valence-corrected chi connectivity index (χ2v) is 12.7. The molecule has 0 spiro atoms. The third kappa shape index (κ3) is 4.78. The monoisotopic (exact) mass is 559 g/mol. The standard InChI is InChI=1S/C29H29F4N3O2S/c1-18-24-15-34-36(23-12-10-22(30)11-13-23)26(24)14-20-8-9-21(28(18)20)17-35(16-19-6-7-19)39(37,38)27-5-3-2-4-25(27)29(31,32)33/h2-5,10-15,18-19,21,34H,6-9,16-17H2,1H3/t18-,21+/m0/s1. The summed E-state index contributed by atoms with van der Waals surface area (Å²) in [6.07, 6.45) is 2.50. The first-order chi connectivity index (χ1) is 18.5. The van der Waals surface area contributed by atoms with E-state index in [0.717, 1.165) is 65.9 Å². The van der Waals surface area contributed by atoms with Crippen LogP contribution in [0.25, 0.3) is 0 Å². The van der Waals surface area contributed by atoms with Crippen molar-refractivity contribution < 1.29 is 26.0 Å². The number of alkyl halides is 3. The molecule has 0 unspecified atom stereocenters. The average Bonchev–Trinajstić information content (AvgIpc) is 3.47. The van der Waals surface area contributed by atoms with Crippen LogP contribution in [0.1, 0.15) is 38.2 Å². The SMILES string of the molecule is C[C@H]1C2=CNN(c3ccc(F)cc3)C2=CC2=C1[C@@H](CN(CC1CC1)S(=O)(=O)c1ccccc1C(F)(F)F)CC2. The second-order valence-electron chi connectivity index (χ2n) is 10.8. The number of hydrogen-bond acceptors (Lipinski definition) is 4. The number of hydrazine groups is 1. The fourth-order valence-corrected chi connectivity index (χ4v) is 7.85. The van der Waals surface area contributed by atoms with Crippen LogP contribution in [-0.4, -0.2) is 25.8 Å². The molecular weight excluding hydrogens is 530 g/mol. The number of fused-ring (bicyclic) bond motifs is 1. The van der Waals surface area contributed by atoms with Crippen molar-refractivity contribution >= 4 is 15.7 Å². The van der Waals surface area contributed by atoms with Gasteiger partial charge >= 0.3 is 6.18 Å². The van der Waals surface area contributed by atoms with Gasteiger partial charge < -0.3 is 5.43 Å². The van der Waals surface area contributed by atoms with Gasteiger partial charge in [-0.15, -0.1) is 0 Å². The van der Waals surface area contributed by atoms with E-state index in [-0.39, 0.29) is 36.7 Å². The van der Waals surface area contributed by atoms with Crippen molar-refractivity contribution in [3.63, 3.8) is 0 Å². The summed E-state index contributed by atoms with van der Waals surface area (Å²) in [4.78, 5) is -0.679. The van der Waals surface area contributed by atoms with Gasteiger partial charge in [0.2, 0.25) is 10.0 Å². The molecule has 0 amide bonds. The van der Waals surface area contributed by atoms with Crippen LogP contribution in [0, 0.1) is 23.6 Å². The van der Waals surface area contributed by atoms with E-state index in [9.17, 15) is 26.0 Å². The minimum Gasteiger partial charge on any atom is -0.301 e. The van der Waals surface area contributed by atoms with Crippen LogP contribution in [0.2, 0.25) is 0 Å². The van der Waals surface area contributed by atoms with Gasteiger partial charge in [0, 0.05) is 30.8 Å². The molecule has 2 aromatic carbocycles. The van der Waals surface area contributed by atoms with Gasteiger partial charge in [-0.3, -0.25) is 5.01 Å². The van der Waals surface area contributed by atoms with Gasteiger partial charge in [-0.25, -0.2) is 12.8 Å². The van der Waals surface area contributed by atoms with Gasteiger partial charge in [0.1, 0.15) is 5.82 Å². The zero-order valence-electron chi connectivity index (χ0n) is 21.4. The Morgan fingerprint density at radius 2 is 1.74 bits per heavy atom. The second kappa shape index (κ2) is 9.52. The highest BCUT2D eigenvalue weighted by Crippen LogP contribution is 2.48. The lowest BCUT2D eigenvalue weighted by molar-refractivity contribution is -0.139. The predicted molar refractivity (Wildman–Crippen MR) is 140 cm³/mol. The van der Waals surface area contributed by atoms with Crippen LogP contribution >= 0.6 is 0 Å². The first-order valence-corrected chi connectivity index (χ1v) is 14.6. The topological polar surface area (TPSA) is 52.6 Å². The molecule has 2 atom stereocenters. The highest BCUT2D eigenvalue weighted by Gasteiger charge is 2.43. The number of nitrogens with one attached hydrogen (secondary N) is 1. The fourth-order valence-electron chi connectivity index (χ4n) is 6.08. The lowest BCUT2D eigenvalue weighted by atomic mass is 9.80. The maximum Gasteiger partial charge on any atom is 0.417 e. The van der Waals surface area contributed by atoms with E-state index < -0.39 is 26.7 Å². The van der Waals surface area contributed by atoms with Crippen LogP contribution in [-0.2, 0) is 16.2 Å². The molecule has 39 heavy (non-hydrogen) atoms. The van der Waals surface area contributed by atoms with E-state index in [2.05, 4.69) is 18.4 Å². The molecule has 3 aliphatic carbocycles. The lowest BCUT2D eigenvalue weighted by Gasteiger charge is -2.32. The third-order valence-electron chi connectivity index (χ3n) is 8.18. The number of hydrogen-bond donors (Lipinski definition) is 1. The van der Waals surface area contributed by atoms with E-state index in [1.54, 1.807) is 12.1 Å². The molecule has 0 saturated heterocycles. The summed E-state index contributed by atoms with van der Waals surface area (Å²) in [7, 11) is -4.37. The van der Waals surface area contributed by atoms with Gasteiger partial charge in [-0.2, -0.15) is 17.5 Å². The van der Waals surface area contributed by atoms with E-state index in [0.29, 0.717) is 0 Å². The maximum atomic E-state index is 13.8. The zero-order valence-corrected chi connectivity index (χ0v) is 22.2. The highest BCUT2D eigenvalue weighted by atomic mass is 32.2. The zero-order chi connectivity index (χ0) is 27.5. The average molecular weight is 560 g/mol. The number of nitrogens with zero attached hydrogens (tertiary/aromatic N) is 2. The highest BCUT2D eigenvalue weighted by molar-refractivity contribution is 7.89. The molecule has 1 saturated carbocycles. The molecule has 1 aliphatic heterocycles. The Hall–Kier alpha value is -3.11. The number of benzene rings is 2. The van der Waals surface area contributed by atoms with E-state index in [1.165, 1.54) is 28.6 Å². The normalized spacial score (nSPS) is 23.0. The van der Waals surface area contributed by atoms with E-state index in [1.807, 2.05) is 11.2 Å². The number of sulfonamides is 1. The van der Waals surface area contributed by atoms with E-state index in [4.69, 9.17) is 0 Å². The third-order valence-corrected chi connectivity index (χ3v) is 10.1. The Morgan fingerprint density at radius 3 is 2.44 bits per heavy atom. The lowest BCUT2D eigenvalue weighted by Crippen LogP contribution is -2.38. The first-order valence-electron chi connectivity index (χ1n) is 13.2. The van der Waals surface area contributed by atoms with E-state index >= 15 is 0 Å². The molecule has 206 valence electrons. The van der Waals surface area contributed by atoms with Crippen molar-refractivity contribution in [3.05, 3.63) is 94.6 Å². The van der Waals surface area contributed by atoms with Gasteiger partial charge in [-0.05, 0) is 85.6 Å². The summed E-state index contributed by atoms with van der Waals surface area (Å²) in [5.41, 5.74) is 7.21. The van der Waals surface area contributed by atoms with Gasteiger partial charge in [0.15, 0.2) is 0 Å². The van der Waals surface area contributed by atoms with Crippen molar-refractivity contribution in [1.82, 2.24) is 9.73 Å². The molecule has 4 aliphatic rings. The smallest absolute Gasteiger partial charge is 0.301 e.